The molecule has 7 heteroatoms. The van der Waals surface area contributed by atoms with Crippen LogP contribution in [0.25, 0.3) is 20.8 Å². The maximum Gasteiger partial charge on any atom is 0.262 e. The summed E-state index contributed by atoms with van der Waals surface area (Å²) in [6, 6.07) is 19.4. The number of nitrogens with one attached hydrogen (secondary N) is 1. The molecule has 1 N–H and O–H groups in total. The quantitative estimate of drug-likeness (QED) is 0.283. The van der Waals surface area contributed by atoms with E-state index in [1.165, 1.54) is 37.7 Å². The van der Waals surface area contributed by atoms with Gasteiger partial charge in [-0.05, 0) is 60.7 Å². The van der Waals surface area contributed by atoms with Gasteiger partial charge in [0, 0.05) is 5.56 Å². The van der Waals surface area contributed by atoms with Gasteiger partial charge in [0.05, 0.1) is 25.9 Å². The monoisotopic (exact) mass is 510 g/mol. The van der Waals surface area contributed by atoms with Gasteiger partial charge < -0.3 is 10.1 Å². The molecule has 0 unspecified atom stereocenters. The third-order valence-corrected chi connectivity index (χ3v) is 7.88. The van der Waals surface area contributed by atoms with Gasteiger partial charge in [-0.15, -0.1) is 11.3 Å². The Morgan fingerprint density at radius 1 is 1.00 bits per heavy atom. The lowest BCUT2D eigenvalue weighted by molar-refractivity contribution is -0.118. The van der Waals surface area contributed by atoms with Gasteiger partial charge in [0.2, 0.25) is 0 Å². The summed E-state index contributed by atoms with van der Waals surface area (Å²) >= 11 is 14.4. The number of ether oxygens (including phenoxy) is 1. The van der Waals surface area contributed by atoms with Crippen LogP contribution in [0.5, 0.6) is 5.75 Å². The second-order valence-corrected chi connectivity index (χ2v) is 10.4. The summed E-state index contributed by atoms with van der Waals surface area (Å²) in [5, 5.41) is 4.45. The van der Waals surface area contributed by atoms with Crippen molar-refractivity contribution in [1.82, 2.24) is 4.98 Å². The number of amides is 1. The van der Waals surface area contributed by atoms with Crippen LogP contribution in [0, 0.1) is 0 Å². The van der Waals surface area contributed by atoms with E-state index in [1.807, 2.05) is 36.4 Å². The van der Waals surface area contributed by atoms with E-state index >= 15 is 0 Å². The van der Waals surface area contributed by atoms with Crippen molar-refractivity contribution in [2.75, 3.05) is 11.9 Å². The minimum absolute atomic E-state index is 0.113. The van der Waals surface area contributed by atoms with Crippen molar-refractivity contribution >= 4 is 56.3 Å². The van der Waals surface area contributed by atoms with Gasteiger partial charge >= 0.3 is 0 Å². The van der Waals surface area contributed by atoms with Gasteiger partial charge in [0.25, 0.3) is 5.91 Å². The highest BCUT2D eigenvalue weighted by molar-refractivity contribution is 7.21. The van der Waals surface area contributed by atoms with E-state index in [0.29, 0.717) is 27.4 Å². The third kappa shape index (κ3) is 5.22. The highest BCUT2D eigenvalue weighted by Crippen LogP contribution is 2.39. The molecule has 1 amide bonds. The number of aromatic nitrogens is 1. The molecule has 0 spiro atoms. The average molecular weight is 511 g/mol. The lowest BCUT2D eigenvalue weighted by atomic mass is 9.84. The average Bonchev–Trinajstić information content (AvgIpc) is 3.29. The summed E-state index contributed by atoms with van der Waals surface area (Å²) in [5.41, 5.74) is 3.46. The normalized spacial score (nSPS) is 14.3. The maximum absolute atomic E-state index is 12.6. The summed E-state index contributed by atoms with van der Waals surface area (Å²) < 4.78 is 6.78. The summed E-state index contributed by atoms with van der Waals surface area (Å²) in [4.78, 5) is 17.2. The number of anilines is 1. The van der Waals surface area contributed by atoms with Crippen molar-refractivity contribution in [2.45, 2.75) is 38.0 Å². The van der Waals surface area contributed by atoms with Crippen LogP contribution in [0.1, 0.15) is 43.6 Å². The SMILES string of the molecule is O=C(COc1ccc(C2CCCCC2)cc1)Nc1cc(-c2nc3ccccc3s2)c(Cl)cc1Cl. The minimum atomic E-state index is -0.296. The zero-order chi connectivity index (χ0) is 23.5. The molecule has 1 aromatic heterocycles. The van der Waals surface area contributed by atoms with Crippen molar-refractivity contribution in [2.24, 2.45) is 0 Å². The van der Waals surface area contributed by atoms with Gasteiger partial charge in [-0.1, -0.05) is 66.7 Å². The minimum Gasteiger partial charge on any atom is -0.484 e. The second kappa shape index (κ2) is 10.3. The molecule has 1 heterocycles. The smallest absolute Gasteiger partial charge is 0.262 e. The maximum atomic E-state index is 12.6. The number of rotatable bonds is 6. The molecular formula is C27H24Cl2N2O2S. The Kier molecular flexibility index (Phi) is 7.05. The van der Waals surface area contributed by atoms with Crippen molar-refractivity contribution < 1.29 is 9.53 Å². The molecule has 1 fully saturated rings. The molecule has 0 radical (unpaired) electrons. The highest BCUT2D eigenvalue weighted by atomic mass is 35.5. The molecule has 0 bridgehead atoms. The van der Waals surface area contributed by atoms with E-state index in [4.69, 9.17) is 27.9 Å². The highest BCUT2D eigenvalue weighted by Gasteiger charge is 2.17. The molecule has 4 nitrogen and oxygen atoms in total. The fourth-order valence-electron chi connectivity index (χ4n) is 4.40. The fraction of sp³-hybridized carbons (Fsp3) is 0.259. The van der Waals surface area contributed by atoms with Crippen LogP contribution in [0.15, 0.2) is 60.7 Å². The first-order valence-electron chi connectivity index (χ1n) is 11.4. The number of hydrogen-bond acceptors (Lipinski definition) is 4. The van der Waals surface area contributed by atoms with Gasteiger partial charge in [0.15, 0.2) is 6.61 Å². The summed E-state index contributed by atoms with van der Waals surface area (Å²) in [5.74, 6) is 1.02. The van der Waals surface area contributed by atoms with Gasteiger partial charge in [-0.2, -0.15) is 0 Å². The standard InChI is InChI=1S/C27H24Cl2N2O2S/c28-21-15-22(29)24(14-20(21)27-31-23-8-4-5-9-25(23)34-27)30-26(32)16-33-19-12-10-18(11-13-19)17-6-2-1-3-7-17/h4-5,8-15,17H,1-3,6-7,16H2,(H,30,32). The number of benzene rings is 3. The molecule has 1 saturated carbocycles. The Morgan fingerprint density at radius 2 is 1.76 bits per heavy atom. The number of fused-ring (bicyclic) bond motifs is 1. The van der Waals surface area contributed by atoms with Crippen LogP contribution < -0.4 is 10.1 Å². The van der Waals surface area contributed by atoms with E-state index in [0.717, 1.165) is 20.8 Å². The molecule has 1 aliphatic carbocycles. The van der Waals surface area contributed by atoms with Crippen LogP contribution in [-0.4, -0.2) is 17.5 Å². The topological polar surface area (TPSA) is 51.2 Å². The molecule has 0 aliphatic heterocycles. The van der Waals surface area contributed by atoms with Crippen LogP contribution in [0.2, 0.25) is 10.0 Å². The van der Waals surface area contributed by atoms with Gasteiger partial charge in [0.1, 0.15) is 10.8 Å². The molecule has 34 heavy (non-hydrogen) atoms. The van der Waals surface area contributed by atoms with Crippen LogP contribution in [0.3, 0.4) is 0 Å². The van der Waals surface area contributed by atoms with Gasteiger partial charge in [-0.25, -0.2) is 4.98 Å². The number of hydrogen-bond donors (Lipinski definition) is 1. The Balaban J connectivity index is 1.25. The van der Waals surface area contributed by atoms with Crippen molar-refractivity contribution in [3.8, 4) is 16.3 Å². The van der Waals surface area contributed by atoms with Crippen molar-refractivity contribution in [1.29, 1.82) is 0 Å². The zero-order valence-electron chi connectivity index (χ0n) is 18.5. The first-order valence-corrected chi connectivity index (χ1v) is 13.0. The van der Waals surface area contributed by atoms with E-state index in [1.54, 1.807) is 23.5 Å². The molecular weight excluding hydrogens is 487 g/mol. The summed E-state index contributed by atoms with van der Waals surface area (Å²) in [6.07, 6.45) is 6.45. The number of carbonyl (C=O) groups is 1. The molecule has 0 atom stereocenters. The third-order valence-electron chi connectivity index (χ3n) is 6.18. The Bertz CT molecular complexity index is 1280. The number of halogens is 2. The van der Waals surface area contributed by atoms with E-state index < -0.39 is 0 Å². The fourth-order valence-corrected chi connectivity index (χ4v) is 5.98. The van der Waals surface area contributed by atoms with Crippen LogP contribution in [-0.2, 0) is 4.79 Å². The summed E-state index contributed by atoms with van der Waals surface area (Å²) in [6.45, 7) is -0.113. The van der Waals surface area contributed by atoms with E-state index in [9.17, 15) is 4.79 Å². The molecule has 3 aromatic carbocycles. The Labute approximate surface area is 212 Å². The Hall–Kier alpha value is -2.60. The van der Waals surface area contributed by atoms with Crippen LogP contribution in [0.4, 0.5) is 5.69 Å². The predicted molar refractivity (Wildman–Crippen MR) is 141 cm³/mol. The number of thiazole rings is 1. The predicted octanol–water partition coefficient (Wildman–Crippen LogP) is 8.34. The zero-order valence-corrected chi connectivity index (χ0v) is 20.8. The first-order chi connectivity index (χ1) is 16.6. The van der Waals surface area contributed by atoms with Gasteiger partial charge in [-0.3, -0.25) is 4.79 Å². The molecule has 5 rings (SSSR count). The lowest BCUT2D eigenvalue weighted by Gasteiger charge is -2.22. The van der Waals surface area contributed by atoms with E-state index in [-0.39, 0.29) is 12.5 Å². The summed E-state index contributed by atoms with van der Waals surface area (Å²) in [7, 11) is 0. The number of para-hydroxylation sites is 1. The number of nitrogens with zero attached hydrogens (tertiary/aromatic N) is 1. The van der Waals surface area contributed by atoms with E-state index in [2.05, 4.69) is 22.4 Å². The Morgan fingerprint density at radius 3 is 2.53 bits per heavy atom. The largest absolute Gasteiger partial charge is 0.484 e. The van der Waals surface area contributed by atoms with Crippen molar-refractivity contribution in [3.05, 3.63) is 76.3 Å². The molecule has 4 aromatic rings. The molecule has 174 valence electrons. The van der Waals surface area contributed by atoms with Crippen LogP contribution >= 0.6 is 34.5 Å². The molecule has 0 saturated heterocycles. The second-order valence-electron chi connectivity index (χ2n) is 8.54. The lowest BCUT2D eigenvalue weighted by Crippen LogP contribution is -2.20. The molecule has 1 aliphatic rings. The first kappa shape index (κ1) is 23.2. The van der Waals surface area contributed by atoms with Crippen molar-refractivity contribution in [3.63, 3.8) is 0 Å². The number of carbonyl (C=O) groups excluding carboxylic acids is 1.